The summed E-state index contributed by atoms with van der Waals surface area (Å²) in [7, 11) is 0. The molecule has 1 N–H and O–H groups in total. The summed E-state index contributed by atoms with van der Waals surface area (Å²) >= 11 is 0. The van der Waals surface area contributed by atoms with Crippen molar-refractivity contribution in [3.8, 4) is 0 Å². The van der Waals surface area contributed by atoms with Gasteiger partial charge in [0, 0.05) is 13.2 Å². The van der Waals surface area contributed by atoms with Gasteiger partial charge in [0.15, 0.2) is 0 Å². The fourth-order valence-corrected chi connectivity index (χ4v) is 6.60. The number of hydrogen-bond acceptors (Lipinski definition) is 4. The molecule has 0 aromatic rings. The number of alkyl carbamates (subject to hydrolysis) is 1. The van der Waals surface area contributed by atoms with Crippen LogP contribution in [0.4, 0.5) is 4.79 Å². The second kappa shape index (κ2) is 37.6. The van der Waals surface area contributed by atoms with E-state index in [1.54, 1.807) is 0 Å². The Balaban J connectivity index is 4.29. The predicted octanol–water partition coefficient (Wildman–Crippen LogP) is 15.5. The molecule has 53 heavy (non-hydrogen) atoms. The lowest BCUT2D eigenvalue weighted by molar-refractivity contribution is -0.114. The maximum Gasteiger partial charge on any atom is 0.407 e. The lowest BCUT2D eigenvalue weighted by Gasteiger charge is -2.30. The number of nitrogens with one attached hydrogen (secondary N) is 1. The third kappa shape index (κ3) is 41.7. The van der Waals surface area contributed by atoms with Crippen molar-refractivity contribution >= 4 is 6.09 Å². The van der Waals surface area contributed by atoms with E-state index < -0.39 is 0 Å². The van der Waals surface area contributed by atoms with E-state index in [4.69, 9.17) is 14.2 Å². The van der Waals surface area contributed by atoms with E-state index in [-0.39, 0.29) is 23.4 Å². The van der Waals surface area contributed by atoms with Crippen molar-refractivity contribution in [2.75, 3.05) is 19.8 Å². The number of unbranched alkanes of at least 4 members (excludes halogenated alkanes) is 23. The summed E-state index contributed by atoms with van der Waals surface area (Å²) in [5.74, 6) is 0. The van der Waals surface area contributed by atoms with E-state index in [1.807, 2.05) is 0 Å². The smallest absolute Gasteiger partial charge is 0.407 e. The quantitative estimate of drug-likeness (QED) is 0.0502. The molecular weight excluding hydrogens is 655 g/mol. The zero-order valence-corrected chi connectivity index (χ0v) is 36.9. The van der Waals surface area contributed by atoms with Crippen LogP contribution < -0.4 is 5.32 Å². The highest BCUT2D eigenvalue weighted by molar-refractivity contribution is 5.67. The predicted molar refractivity (Wildman–Crippen MR) is 232 cm³/mol. The summed E-state index contributed by atoms with van der Waals surface area (Å²) in [5.41, 5.74) is -0.537. The molecule has 0 aromatic heterocycles. The molecule has 0 aromatic carbocycles. The monoisotopic (exact) mass is 748 g/mol. The van der Waals surface area contributed by atoms with Gasteiger partial charge in [-0.3, -0.25) is 0 Å². The van der Waals surface area contributed by atoms with Gasteiger partial charge in [0.05, 0.1) is 17.8 Å². The lowest BCUT2D eigenvalue weighted by Crippen LogP contribution is -2.36. The van der Waals surface area contributed by atoms with Crippen LogP contribution in [0.5, 0.6) is 0 Å². The topological polar surface area (TPSA) is 56.8 Å². The van der Waals surface area contributed by atoms with Gasteiger partial charge in [-0.05, 0) is 98.8 Å². The van der Waals surface area contributed by atoms with Gasteiger partial charge in [-0.1, -0.05) is 167 Å². The number of carbonyl (C=O) groups excluding carboxylic acids is 1. The van der Waals surface area contributed by atoms with Crippen molar-refractivity contribution < 1.29 is 19.0 Å². The molecule has 0 bridgehead atoms. The molecule has 0 aliphatic carbocycles. The van der Waals surface area contributed by atoms with E-state index in [0.717, 1.165) is 38.5 Å². The Kier molecular flexibility index (Phi) is 36.6. The molecule has 0 spiro atoms. The minimum atomic E-state index is -0.354. The first kappa shape index (κ1) is 51.7. The van der Waals surface area contributed by atoms with Crippen LogP contribution in [0, 0.1) is 0 Å². The summed E-state index contributed by atoms with van der Waals surface area (Å²) in [6.45, 7) is 16.5. The zero-order valence-electron chi connectivity index (χ0n) is 36.9. The van der Waals surface area contributed by atoms with Crippen LogP contribution >= 0.6 is 0 Å². The fraction of sp³-hybridized carbons (Fsp3) is 0.896. The van der Waals surface area contributed by atoms with Crippen molar-refractivity contribution in [2.45, 2.75) is 258 Å². The van der Waals surface area contributed by atoms with Crippen LogP contribution in [0.15, 0.2) is 24.3 Å². The van der Waals surface area contributed by atoms with Crippen LogP contribution in [0.2, 0.25) is 0 Å². The number of ether oxygens (including phenoxy) is 3. The standard InChI is InChI=1S/C48H93NO4/c1-8-10-12-14-16-18-20-22-24-26-28-30-32-34-36-38-41-45(40-37-35-33-31-29-27-25-23-21-19-17-15-13-11-9-2)53-46(50)49-42-39-43-51-48(6,7)44-52-47(3,4)5/h17,19,23,25,45H,8-16,18,20-22,24,26-44H2,1-7H3,(H,49,50)/b19-17-,25-23-. The fourth-order valence-electron chi connectivity index (χ4n) is 6.60. The highest BCUT2D eigenvalue weighted by atomic mass is 16.6. The molecule has 1 atom stereocenters. The van der Waals surface area contributed by atoms with Crippen LogP contribution in [-0.2, 0) is 14.2 Å². The second-order valence-corrected chi connectivity index (χ2v) is 17.4. The summed E-state index contributed by atoms with van der Waals surface area (Å²) in [6.07, 6.45) is 47.4. The van der Waals surface area contributed by atoms with E-state index in [1.165, 1.54) is 154 Å². The Labute approximate surface area is 332 Å². The Morgan fingerprint density at radius 2 is 0.943 bits per heavy atom. The largest absolute Gasteiger partial charge is 0.446 e. The van der Waals surface area contributed by atoms with Crippen LogP contribution in [0.25, 0.3) is 0 Å². The minimum Gasteiger partial charge on any atom is -0.446 e. The molecule has 0 rings (SSSR count). The normalized spacial score (nSPS) is 13.0. The maximum atomic E-state index is 12.8. The zero-order chi connectivity index (χ0) is 39.1. The highest BCUT2D eigenvalue weighted by Crippen LogP contribution is 2.19. The van der Waals surface area contributed by atoms with Gasteiger partial charge in [0.2, 0.25) is 0 Å². The Morgan fingerprint density at radius 1 is 0.528 bits per heavy atom. The molecule has 5 heteroatoms. The molecule has 1 unspecified atom stereocenters. The Hall–Kier alpha value is -1.33. The SMILES string of the molecule is CCCCC/C=C\C/C=C\CCCCCCCC(CCCCCCCCCCCCCCCCCC)OC(=O)NCCCOC(C)(C)COC(C)(C)C. The maximum absolute atomic E-state index is 12.8. The van der Waals surface area contributed by atoms with Gasteiger partial charge < -0.3 is 19.5 Å². The average Bonchev–Trinajstić information content (AvgIpc) is 3.11. The number of hydrogen-bond donors (Lipinski definition) is 1. The Morgan fingerprint density at radius 3 is 1.42 bits per heavy atom. The molecule has 0 fully saturated rings. The van der Waals surface area contributed by atoms with Crippen molar-refractivity contribution in [1.29, 1.82) is 0 Å². The van der Waals surface area contributed by atoms with Crippen LogP contribution in [-0.4, -0.2) is 43.2 Å². The molecular formula is C48H93NO4. The molecule has 314 valence electrons. The van der Waals surface area contributed by atoms with Gasteiger partial charge in [-0.25, -0.2) is 4.79 Å². The number of rotatable bonds is 39. The number of carbonyl (C=O) groups is 1. The summed E-state index contributed by atoms with van der Waals surface area (Å²) < 4.78 is 17.9. The van der Waals surface area contributed by atoms with Crippen molar-refractivity contribution in [3.05, 3.63) is 24.3 Å². The van der Waals surface area contributed by atoms with E-state index in [2.05, 4.69) is 78.1 Å². The lowest BCUT2D eigenvalue weighted by atomic mass is 10.0. The van der Waals surface area contributed by atoms with Gasteiger partial charge in [-0.2, -0.15) is 0 Å². The first-order chi connectivity index (χ1) is 25.6. The summed E-state index contributed by atoms with van der Waals surface area (Å²) in [4.78, 5) is 12.8. The third-order valence-corrected chi connectivity index (χ3v) is 10.1. The second-order valence-electron chi connectivity index (χ2n) is 17.4. The first-order valence-corrected chi connectivity index (χ1v) is 23.1. The van der Waals surface area contributed by atoms with E-state index in [9.17, 15) is 4.79 Å². The molecule has 0 heterocycles. The van der Waals surface area contributed by atoms with Gasteiger partial charge in [0.1, 0.15) is 6.10 Å². The van der Waals surface area contributed by atoms with Crippen molar-refractivity contribution in [3.63, 3.8) is 0 Å². The molecule has 0 aliphatic heterocycles. The van der Waals surface area contributed by atoms with E-state index >= 15 is 0 Å². The molecule has 1 amide bonds. The van der Waals surface area contributed by atoms with Gasteiger partial charge in [-0.15, -0.1) is 0 Å². The third-order valence-electron chi connectivity index (χ3n) is 10.1. The molecule has 5 nitrogen and oxygen atoms in total. The van der Waals surface area contributed by atoms with Crippen molar-refractivity contribution in [2.24, 2.45) is 0 Å². The average molecular weight is 748 g/mol. The number of amides is 1. The highest BCUT2D eigenvalue weighted by Gasteiger charge is 2.22. The van der Waals surface area contributed by atoms with Crippen LogP contribution in [0.1, 0.15) is 241 Å². The molecule has 0 radical (unpaired) electrons. The van der Waals surface area contributed by atoms with Gasteiger partial charge in [0.25, 0.3) is 0 Å². The van der Waals surface area contributed by atoms with E-state index in [0.29, 0.717) is 19.8 Å². The molecule has 0 saturated heterocycles. The number of allylic oxidation sites excluding steroid dienone is 4. The molecule has 0 saturated carbocycles. The molecule has 0 aliphatic rings. The summed E-state index contributed by atoms with van der Waals surface area (Å²) in [5, 5.41) is 2.98. The Bertz CT molecular complexity index is 830. The minimum absolute atomic E-state index is 0.0179. The van der Waals surface area contributed by atoms with Gasteiger partial charge >= 0.3 is 6.09 Å². The first-order valence-electron chi connectivity index (χ1n) is 23.1. The van der Waals surface area contributed by atoms with Crippen LogP contribution in [0.3, 0.4) is 0 Å². The summed E-state index contributed by atoms with van der Waals surface area (Å²) in [6, 6.07) is 0. The van der Waals surface area contributed by atoms with Crippen molar-refractivity contribution in [1.82, 2.24) is 5.32 Å².